The van der Waals surface area contributed by atoms with Gasteiger partial charge in [-0.15, -0.1) is 11.3 Å². The molecule has 0 atom stereocenters. The van der Waals surface area contributed by atoms with E-state index in [1.165, 1.54) is 17.8 Å². The minimum absolute atomic E-state index is 0.0631. The molecule has 0 radical (unpaired) electrons. The number of benzene rings is 2. The third-order valence-corrected chi connectivity index (χ3v) is 8.96. The highest BCUT2D eigenvalue weighted by Gasteiger charge is 2.22. The maximum atomic E-state index is 12.7. The second kappa shape index (κ2) is 9.50. The Morgan fingerprint density at radius 1 is 1.09 bits per heavy atom. The zero-order valence-electron chi connectivity index (χ0n) is 16.9. The Hall–Kier alpha value is -2.59. The molecule has 4 rings (SSSR count). The Morgan fingerprint density at radius 3 is 2.56 bits per heavy atom. The van der Waals surface area contributed by atoms with E-state index < -0.39 is 15.9 Å². The SMILES string of the molecule is Cc1cc(CC(=O)NS(=O)(=O)c2ccc(Sc3ccccc3Cl)s2)n(-c2ccccc2)n1. The molecule has 0 spiro atoms. The maximum Gasteiger partial charge on any atom is 0.273 e. The third-order valence-electron chi connectivity index (χ3n) is 4.36. The molecular weight excluding hydrogens is 486 g/mol. The molecule has 0 aliphatic heterocycles. The van der Waals surface area contributed by atoms with Crippen LogP contribution in [0.4, 0.5) is 0 Å². The molecule has 164 valence electrons. The van der Waals surface area contributed by atoms with E-state index >= 15 is 0 Å². The first-order valence-corrected chi connectivity index (χ1v) is 13.0. The summed E-state index contributed by atoms with van der Waals surface area (Å²) in [4.78, 5) is 13.4. The molecule has 0 fully saturated rings. The molecule has 0 saturated carbocycles. The minimum atomic E-state index is -3.99. The normalized spacial score (nSPS) is 11.4. The molecule has 2 aromatic heterocycles. The minimum Gasteiger partial charge on any atom is -0.274 e. The molecular formula is C22H18ClN3O3S3. The Kier molecular flexibility index (Phi) is 6.71. The van der Waals surface area contributed by atoms with Crippen LogP contribution in [0.15, 0.2) is 86.1 Å². The van der Waals surface area contributed by atoms with Crippen molar-refractivity contribution >= 4 is 50.6 Å². The zero-order chi connectivity index (χ0) is 22.7. The van der Waals surface area contributed by atoms with Gasteiger partial charge in [0.1, 0.15) is 4.21 Å². The van der Waals surface area contributed by atoms with Gasteiger partial charge in [0.15, 0.2) is 0 Å². The third kappa shape index (κ3) is 5.24. The number of hydrogen-bond donors (Lipinski definition) is 1. The van der Waals surface area contributed by atoms with Crippen molar-refractivity contribution in [3.05, 3.63) is 89.2 Å². The molecule has 10 heteroatoms. The molecule has 1 N–H and O–H groups in total. The summed E-state index contributed by atoms with van der Waals surface area (Å²) in [6.07, 6.45) is -0.123. The first-order valence-electron chi connectivity index (χ1n) is 9.51. The van der Waals surface area contributed by atoms with Crippen molar-refractivity contribution in [1.82, 2.24) is 14.5 Å². The number of hydrogen-bond acceptors (Lipinski definition) is 6. The largest absolute Gasteiger partial charge is 0.274 e. The summed E-state index contributed by atoms with van der Waals surface area (Å²) in [5, 5.41) is 5.01. The number of para-hydroxylation sites is 1. The summed E-state index contributed by atoms with van der Waals surface area (Å²) in [5.74, 6) is -0.629. The quantitative estimate of drug-likeness (QED) is 0.379. The number of carbonyl (C=O) groups excluding carboxylic acids is 1. The Labute approximate surface area is 199 Å². The van der Waals surface area contributed by atoms with Gasteiger partial charge >= 0.3 is 0 Å². The van der Waals surface area contributed by atoms with E-state index in [2.05, 4.69) is 9.82 Å². The van der Waals surface area contributed by atoms with Crippen LogP contribution in [0.5, 0.6) is 0 Å². The molecule has 0 bridgehead atoms. The Bertz CT molecular complexity index is 1370. The fourth-order valence-corrected chi connectivity index (χ4v) is 6.81. The zero-order valence-corrected chi connectivity index (χ0v) is 20.1. The van der Waals surface area contributed by atoms with E-state index in [-0.39, 0.29) is 10.6 Å². The van der Waals surface area contributed by atoms with Gasteiger partial charge < -0.3 is 0 Å². The second-order valence-corrected chi connectivity index (χ2v) is 11.6. The summed E-state index contributed by atoms with van der Waals surface area (Å²) in [5.41, 5.74) is 2.13. The van der Waals surface area contributed by atoms with Crippen LogP contribution < -0.4 is 4.72 Å². The van der Waals surface area contributed by atoms with Crippen LogP contribution in [0.1, 0.15) is 11.4 Å². The van der Waals surface area contributed by atoms with Crippen LogP contribution in [0.25, 0.3) is 5.69 Å². The van der Waals surface area contributed by atoms with Crippen molar-refractivity contribution in [2.45, 2.75) is 26.7 Å². The van der Waals surface area contributed by atoms with Crippen molar-refractivity contribution in [3.63, 3.8) is 0 Å². The molecule has 2 aromatic carbocycles. The predicted molar refractivity (Wildman–Crippen MR) is 127 cm³/mol. The van der Waals surface area contributed by atoms with E-state index in [1.54, 1.807) is 22.9 Å². The van der Waals surface area contributed by atoms with Crippen molar-refractivity contribution in [3.8, 4) is 5.69 Å². The topological polar surface area (TPSA) is 81.1 Å². The van der Waals surface area contributed by atoms with Crippen LogP contribution in [-0.4, -0.2) is 24.1 Å². The van der Waals surface area contributed by atoms with Crippen molar-refractivity contribution < 1.29 is 13.2 Å². The van der Waals surface area contributed by atoms with Gasteiger partial charge in [0.05, 0.1) is 32.7 Å². The molecule has 6 nitrogen and oxygen atoms in total. The van der Waals surface area contributed by atoms with E-state index in [0.717, 1.165) is 31.8 Å². The average Bonchev–Trinajstić information content (AvgIpc) is 3.37. The lowest BCUT2D eigenvalue weighted by Gasteiger charge is -2.08. The first-order chi connectivity index (χ1) is 15.3. The number of nitrogens with one attached hydrogen (secondary N) is 1. The molecule has 4 aromatic rings. The smallest absolute Gasteiger partial charge is 0.273 e. The number of aromatic nitrogens is 2. The van der Waals surface area contributed by atoms with Gasteiger partial charge in [-0.1, -0.05) is 53.7 Å². The molecule has 0 aliphatic carbocycles. The maximum absolute atomic E-state index is 12.7. The summed E-state index contributed by atoms with van der Waals surface area (Å²) in [6, 6.07) is 21.6. The van der Waals surface area contributed by atoms with Crippen LogP contribution in [0.2, 0.25) is 5.02 Å². The van der Waals surface area contributed by atoms with E-state index in [0.29, 0.717) is 10.7 Å². The van der Waals surface area contributed by atoms with E-state index in [4.69, 9.17) is 11.6 Å². The number of nitrogens with zero attached hydrogens (tertiary/aromatic N) is 2. The van der Waals surface area contributed by atoms with Gasteiger partial charge in [-0.2, -0.15) is 5.10 Å². The number of rotatable bonds is 7. The number of sulfonamides is 1. The highest BCUT2D eigenvalue weighted by Crippen LogP contribution is 2.38. The van der Waals surface area contributed by atoms with Crippen molar-refractivity contribution in [2.75, 3.05) is 0 Å². The fourth-order valence-electron chi connectivity index (χ4n) is 3.01. The molecule has 0 unspecified atom stereocenters. The lowest BCUT2D eigenvalue weighted by molar-refractivity contribution is -0.118. The van der Waals surface area contributed by atoms with Gasteiger partial charge in [0, 0.05) is 4.90 Å². The summed E-state index contributed by atoms with van der Waals surface area (Å²) in [6.45, 7) is 1.82. The van der Waals surface area contributed by atoms with Crippen LogP contribution in [-0.2, 0) is 21.2 Å². The average molecular weight is 504 g/mol. The molecule has 0 saturated heterocycles. The van der Waals surface area contributed by atoms with E-state index in [9.17, 15) is 13.2 Å². The summed E-state index contributed by atoms with van der Waals surface area (Å²) >= 11 is 8.63. The highest BCUT2D eigenvalue weighted by atomic mass is 35.5. The molecule has 1 amide bonds. The van der Waals surface area contributed by atoms with Gasteiger partial charge in [0.2, 0.25) is 5.91 Å². The second-order valence-electron chi connectivity index (χ2n) is 6.84. The number of amides is 1. The lowest BCUT2D eigenvalue weighted by Crippen LogP contribution is -2.31. The fraction of sp³-hybridized carbons (Fsp3) is 0.0909. The number of carbonyl (C=O) groups is 1. The van der Waals surface area contributed by atoms with Crippen molar-refractivity contribution in [2.24, 2.45) is 0 Å². The monoisotopic (exact) mass is 503 g/mol. The number of thiophene rings is 1. The van der Waals surface area contributed by atoms with Crippen LogP contribution >= 0.6 is 34.7 Å². The van der Waals surface area contributed by atoms with E-state index in [1.807, 2.05) is 55.5 Å². The molecule has 2 heterocycles. The van der Waals surface area contributed by atoms with Crippen LogP contribution in [0, 0.1) is 6.92 Å². The predicted octanol–water partition coefficient (Wildman–Crippen LogP) is 5.09. The van der Waals surface area contributed by atoms with Gasteiger partial charge in [-0.25, -0.2) is 17.8 Å². The molecule has 32 heavy (non-hydrogen) atoms. The Morgan fingerprint density at radius 2 is 1.81 bits per heavy atom. The molecule has 0 aliphatic rings. The van der Waals surface area contributed by atoms with Gasteiger partial charge in [-0.3, -0.25) is 4.79 Å². The highest BCUT2D eigenvalue weighted by molar-refractivity contribution is 8.01. The van der Waals surface area contributed by atoms with Gasteiger partial charge in [0.25, 0.3) is 10.0 Å². The Balaban J connectivity index is 1.47. The summed E-state index contributed by atoms with van der Waals surface area (Å²) in [7, 11) is -3.99. The number of aryl methyl sites for hydroxylation is 1. The standard InChI is InChI=1S/C22H18ClN3O3S3/c1-15-13-17(26(24-15)16-7-3-2-4-8-16)14-20(27)25-32(28,29)22-12-11-21(31-22)30-19-10-6-5-9-18(19)23/h2-13H,14H2,1H3,(H,25,27). The van der Waals surface area contributed by atoms with Crippen LogP contribution in [0.3, 0.4) is 0 Å². The van der Waals surface area contributed by atoms with Crippen molar-refractivity contribution in [1.29, 1.82) is 0 Å². The summed E-state index contributed by atoms with van der Waals surface area (Å²) < 4.78 is 30.1. The van der Waals surface area contributed by atoms with Gasteiger partial charge in [-0.05, 0) is 49.4 Å². The first kappa shape index (κ1) is 22.6. The number of halogens is 1. The lowest BCUT2D eigenvalue weighted by atomic mass is 10.2.